The molecule has 0 saturated carbocycles. The van der Waals surface area contributed by atoms with E-state index in [4.69, 9.17) is 91.6 Å². The Morgan fingerprint density at radius 1 is 0.170 bits per heavy atom. The van der Waals surface area contributed by atoms with Crippen molar-refractivity contribution in [3.05, 3.63) is 0 Å². The minimum atomic E-state index is -2.84. The average Bonchev–Trinajstić information content (AvgIpc) is 0.838. The fourth-order valence-corrected chi connectivity index (χ4v) is 29.5. The molecule has 10 N–H and O–H groups in total. The van der Waals surface area contributed by atoms with Crippen molar-refractivity contribution >= 4 is 143 Å². The third-order valence-corrected chi connectivity index (χ3v) is 58.6. The number of rotatable bonds is 88. The van der Waals surface area contributed by atoms with Crippen LogP contribution in [0.5, 0.6) is 0 Å². The summed E-state index contributed by atoms with van der Waals surface area (Å²) in [5.41, 5.74) is 0. The van der Waals surface area contributed by atoms with Gasteiger partial charge >= 0.3 is 59.7 Å². The summed E-state index contributed by atoms with van der Waals surface area (Å²) < 4.78 is 118. The topological polar surface area (TPSA) is 558 Å². The Hall–Kier alpha value is -3.93. The summed E-state index contributed by atoms with van der Waals surface area (Å²) >= 11 is 0. The largest absolute Gasteiger partial charge is 0.465 e. The van der Waals surface area contributed by atoms with E-state index in [1.807, 2.05) is 13.1 Å². The SMILES string of the molecule is CO[Si](C)(CO)CCCOC(=O)C(C)CC(CC(CC(CC(CC(CC(CC(CC(CC(C)C(=O)OCCC[Si](C)(CO)OC)C(=O)OCCC[Si](C)(CO)OC)C(=O)OCCC[Si](C)(CO)OC)C(=O)OCCC[Si](C)(CO)OC)C(=O)OCCC[Si](C)(CO)OC)C(=O)OCCC[Si](C)(CO)OC)C(=O)OCCC[Si](C)(CO)OC)C(=O)OCCC[Si](C)(CO)OC)C(=O)OCCC[Si](C)(CO)OC. The molecule has 0 rings (SSSR count). The van der Waals surface area contributed by atoms with E-state index < -0.39 is 247 Å². The van der Waals surface area contributed by atoms with Gasteiger partial charge in [0.15, 0.2) is 0 Å². The van der Waals surface area contributed by atoms with Gasteiger partial charge in [-0.2, -0.15) is 0 Å². The van der Waals surface area contributed by atoms with Gasteiger partial charge in [0.2, 0.25) is 83.2 Å². The van der Waals surface area contributed by atoms with Crippen molar-refractivity contribution in [2.45, 2.75) is 262 Å². The molecule has 0 bridgehead atoms. The molecule has 828 valence electrons. The lowest BCUT2D eigenvalue weighted by Gasteiger charge is -2.30. The number of ether oxygens (including phenoxy) is 10. The van der Waals surface area contributed by atoms with E-state index in [-0.39, 0.29) is 217 Å². The number of carbonyl (C=O) groups is 10. The highest BCUT2D eigenvalue weighted by molar-refractivity contribution is 6.75. The molecule has 0 spiro atoms. The van der Waals surface area contributed by atoms with Crippen molar-refractivity contribution in [1.29, 1.82) is 0 Å². The maximum Gasteiger partial charge on any atom is 0.308 e. The van der Waals surface area contributed by atoms with Crippen LogP contribution >= 0.6 is 0 Å². The van der Waals surface area contributed by atoms with Crippen LogP contribution < -0.4 is 0 Å². The first-order chi connectivity index (χ1) is 66.4. The lowest BCUT2D eigenvalue weighted by molar-refractivity contribution is -0.159. The van der Waals surface area contributed by atoms with Gasteiger partial charge in [-0.05, 0) is 248 Å². The van der Waals surface area contributed by atoms with Crippen molar-refractivity contribution < 1.29 is 191 Å². The number of hydrogen-bond donors (Lipinski definition) is 10. The van der Waals surface area contributed by atoms with Crippen LogP contribution in [0.3, 0.4) is 0 Å². The second-order valence-electron chi connectivity index (χ2n) is 40.3. The standard InChI is InChI=1S/C91H184O40Si10/c1-72(82(102)122-33-23-43-132(13,62-92)112-3)53-74(84(104)124-35-25-45-134(15,64-94)114-5)55-76(86(106)126-37-27-47-136(17,66-96)116-7)57-78(88(108)128-39-29-49-138(19,68-98)118-9)59-80(90(110)130-41-31-51-140(21,70-100)120-11)61-81(91(111)131-42-32-52-141(22,71-101)121-12)60-79(89(109)129-40-30-50-139(20,69-99)119-10)58-77(87(107)127-38-28-48-137(18,67-97)117-8)56-75(85(105)125-36-26-46-135(16,65-95)115-6)54-73(2)83(103)123-34-24-44-133(14,63-93)113-4/h72-81,92-101H,23-71H2,1-22H3. The number of aliphatic hydroxyl groups is 10. The minimum absolute atomic E-state index is 0.0920. The zero-order chi connectivity index (χ0) is 107. The Kier molecular flexibility index (Phi) is 70.5. The molecule has 0 saturated heterocycles. The van der Waals surface area contributed by atoms with E-state index in [0.717, 1.165) is 0 Å². The fourth-order valence-electron chi connectivity index (χ4n) is 15.6. The summed E-state index contributed by atoms with van der Waals surface area (Å²) in [6.45, 7) is 18.4. The average molecular weight is 2200 g/mol. The molecule has 40 nitrogen and oxygen atoms in total. The zero-order valence-corrected chi connectivity index (χ0v) is 99.1. The number of carbonyl (C=O) groups excluding carboxylic acids is 10. The molecule has 0 aromatic carbocycles. The summed E-state index contributed by atoms with van der Waals surface area (Å²) in [5, 5.41) is 104. The van der Waals surface area contributed by atoms with Gasteiger partial charge in [0.05, 0.1) is 188 Å². The molecule has 0 aliphatic rings. The number of esters is 10. The summed E-state index contributed by atoms with van der Waals surface area (Å²) in [7, 11) is -12.7. The second-order valence-corrected chi connectivity index (χ2v) is 81.6. The molecule has 141 heavy (non-hydrogen) atoms. The highest BCUT2D eigenvalue weighted by atomic mass is 28.4. The van der Waals surface area contributed by atoms with Gasteiger partial charge in [0.25, 0.3) is 0 Å². The number of aliphatic hydroxyl groups excluding tert-OH is 10. The first-order valence-electron chi connectivity index (χ1n) is 49.7. The molecule has 0 radical (unpaired) electrons. The first kappa shape index (κ1) is 137. The Bertz CT molecular complexity index is 3260. The Morgan fingerprint density at radius 2 is 0.262 bits per heavy atom. The molecule has 0 aromatic heterocycles. The highest BCUT2D eigenvalue weighted by Crippen LogP contribution is 2.39. The summed E-state index contributed by atoms with van der Waals surface area (Å²) in [6.07, 6.45) is -5.79. The van der Waals surface area contributed by atoms with E-state index in [9.17, 15) is 60.7 Å². The molecule has 0 heterocycles. The van der Waals surface area contributed by atoms with Gasteiger partial charge in [-0.3, -0.25) is 47.9 Å². The van der Waals surface area contributed by atoms with Crippen molar-refractivity contribution in [1.82, 2.24) is 0 Å². The van der Waals surface area contributed by atoms with Gasteiger partial charge in [-0.25, -0.2) is 0 Å². The van der Waals surface area contributed by atoms with Crippen molar-refractivity contribution in [2.75, 3.05) is 199 Å². The zero-order valence-electron chi connectivity index (χ0n) is 89.1. The van der Waals surface area contributed by atoms with Crippen LogP contribution in [-0.4, -0.2) is 393 Å². The van der Waals surface area contributed by atoms with Crippen LogP contribution in [-0.2, 0) is 140 Å². The molecule has 0 fully saturated rings. The maximum atomic E-state index is 16.0. The van der Waals surface area contributed by atoms with Crippen molar-refractivity contribution in [2.24, 2.45) is 59.2 Å². The fraction of sp³-hybridized carbons (Fsp3) is 0.890. The monoisotopic (exact) mass is 2200 g/mol. The van der Waals surface area contributed by atoms with Crippen molar-refractivity contribution in [3.8, 4) is 0 Å². The molecule has 0 amide bonds. The molecule has 20 atom stereocenters. The Morgan fingerprint density at radius 3 is 0.355 bits per heavy atom. The molecular formula is C91H184O40Si10. The molecule has 0 aromatic rings. The van der Waals surface area contributed by atoms with Crippen LogP contribution in [0.15, 0.2) is 0 Å². The highest BCUT2D eigenvalue weighted by Gasteiger charge is 2.45. The van der Waals surface area contributed by atoms with Crippen LogP contribution in [0.4, 0.5) is 0 Å². The normalized spacial score (nSPS) is 18.3. The third kappa shape index (κ3) is 54.4. The summed E-state index contributed by atoms with van der Waals surface area (Å²) in [6, 6.07) is 3.14. The Labute approximate surface area is 848 Å². The summed E-state index contributed by atoms with van der Waals surface area (Å²) in [5.74, 6) is -24.1. The first-order valence-corrected chi connectivity index (χ1v) is 77.9. The second kappa shape index (κ2) is 72.5. The quantitative estimate of drug-likeness (QED) is 0.0121. The van der Waals surface area contributed by atoms with Crippen LogP contribution in [0.25, 0.3) is 0 Å². The maximum absolute atomic E-state index is 16.0. The predicted octanol–water partition coefficient (Wildman–Crippen LogP) is 7.56. The Balaban J connectivity index is 10.2. The van der Waals surface area contributed by atoms with Gasteiger partial charge in [-0.15, -0.1) is 0 Å². The molecule has 0 aliphatic carbocycles. The van der Waals surface area contributed by atoms with Gasteiger partial charge in [0.1, 0.15) is 0 Å². The van der Waals surface area contributed by atoms with E-state index >= 15 is 38.4 Å². The minimum Gasteiger partial charge on any atom is -0.465 e. The molecule has 50 heteroatoms. The van der Waals surface area contributed by atoms with E-state index in [0.29, 0.717) is 49.1 Å². The third-order valence-electron chi connectivity index (χ3n) is 27.9. The number of hydrogen-bond acceptors (Lipinski definition) is 40. The van der Waals surface area contributed by atoms with Gasteiger partial charge < -0.3 is 143 Å². The van der Waals surface area contributed by atoms with E-state index in [2.05, 4.69) is 0 Å². The predicted molar refractivity (Wildman–Crippen MR) is 549 cm³/mol. The summed E-state index contributed by atoms with van der Waals surface area (Å²) in [4.78, 5) is 154. The van der Waals surface area contributed by atoms with E-state index in [1.54, 1.807) is 52.4 Å². The molecular weight excluding hydrogens is 2010 g/mol. The van der Waals surface area contributed by atoms with Gasteiger partial charge in [0, 0.05) is 71.1 Å². The van der Waals surface area contributed by atoms with Crippen LogP contribution in [0.2, 0.25) is 126 Å². The van der Waals surface area contributed by atoms with E-state index in [1.165, 1.54) is 84.9 Å². The van der Waals surface area contributed by atoms with Crippen LogP contribution in [0.1, 0.15) is 136 Å². The smallest absolute Gasteiger partial charge is 0.308 e. The molecule has 20 unspecified atom stereocenters. The van der Waals surface area contributed by atoms with Crippen molar-refractivity contribution in [3.63, 3.8) is 0 Å². The lowest BCUT2D eigenvalue weighted by atomic mass is 9.77. The van der Waals surface area contributed by atoms with Gasteiger partial charge in [-0.1, -0.05) is 13.8 Å². The molecule has 0 aliphatic heterocycles. The lowest BCUT2D eigenvalue weighted by Crippen LogP contribution is -2.39. The van der Waals surface area contributed by atoms with Crippen LogP contribution in [0, 0.1) is 59.2 Å².